The molecule has 0 unspecified atom stereocenters. The van der Waals surface area contributed by atoms with Crippen molar-refractivity contribution >= 4 is 11.7 Å². The van der Waals surface area contributed by atoms with Crippen molar-refractivity contribution in [1.29, 1.82) is 0 Å². The lowest BCUT2D eigenvalue weighted by molar-refractivity contribution is -0.146. The summed E-state index contributed by atoms with van der Waals surface area (Å²) >= 11 is 0. The van der Waals surface area contributed by atoms with Crippen molar-refractivity contribution in [3.8, 4) is 0 Å². The Bertz CT molecular complexity index is 1070. The largest absolute Gasteiger partial charge is 0.465 e. The Morgan fingerprint density at radius 2 is 1.50 bits per heavy atom. The molecule has 180 valence electrons. The molecule has 34 heavy (non-hydrogen) atoms. The number of hydrogen-bond donors (Lipinski definition) is 1. The molecule has 0 radical (unpaired) electrons. The second-order valence-corrected chi connectivity index (χ2v) is 7.31. The van der Waals surface area contributed by atoms with Crippen LogP contribution in [0.5, 0.6) is 0 Å². The second kappa shape index (κ2) is 10.1. The maximum atomic E-state index is 13.4. The van der Waals surface area contributed by atoms with Crippen molar-refractivity contribution in [2.75, 3.05) is 11.9 Å². The number of ether oxygens (including phenoxy) is 1. The highest BCUT2D eigenvalue weighted by atomic mass is 19.4. The summed E-state index contributed by atoms with van der Waals surface area (Å²) in [4.78, 5) is 17.1. The van der Waals surface area contributed by atoms with Crippen LogP contribution in [0.3, 0.4) is 0 Å². The first-order chi connectivity index (χ1) is 16.0. The van der Waals surface area contributed by atoms with Crippen molar-refractivity contribution in [1.82, 2.24) is 4.98 Å². The minimum absolute atomic E-state index is 0.0267. The highest BCUT2D eigenvalue weighted by Crippen LogP contribution is 2.40. The zero-order valence-electron chi connectivity index (χ0n) is 17.8. The van der Waals surface area contributed by atoms with Gasteiger partial charge in [-0.3, -0.25) is 9.78 Å². The zero-order valence-corrected chi connectivity index (χ0v) is 17.8. The number of pyridine rings is 1. The van der Waals surface area contributed by atoms with Gasteiger partial charge in [-0.1, -0.05) is 36.4 Å². The van der Waals surface area contributed by atoms with Crippen molar-refractivity contribution in [3.05, 3.63) is 95.3 Å². The summed E-state index contributed by atoms with van der Waals surface area (Å²) in [6, 6.07) is 13.0. The molecule has 0 amide bonds. The SMILES string of the molecule is CCOC(=O)[C@@H](c1ccccc1)[C@H](Nc1cc(C(F)(F)F)cc(C(F)(F)F)c1)c1ccccn1. The fourth-order valence-electron chi connectivity index (χ4n) is 3.46. The molecule has 0 saturated heterocycles. The maximum absolute atomic E-state index is 13.4. The molecule has 0 aliphatic heterocycles. The summed E-state index contributed by atoms with van der Waals surface area (Å²) in [5, 5.41) is 2.69. The van der Waals surface area contributed by atoms with Crippen LogP contribution in [0, 0.1) is 0 Å². The molecule has 0 fully saturated rings. The monoisotopic (exact) mass is 482 g/mol. The van der Waals surface area contributed by atoms with Crippen molar-refractivity contribution in [2.24, 2.45) is 0 Å². The lowest BCUT2D eigenvalue weighted by atomic mass is 9.88. The van der Waals surface area contributed by atoms with Gasteiger partial charge in [-0.15, -0.1) is 0 Å². The Morgan fingerprint density at radius 1 is 0.912 bits per heavy atom. The Kier molecular flexibility index (Phi) is 7.48. The van der Waals surface area contributed by atoms with Crippen LogP contribution in [-0.2, 0) is 21.9 Å². The molecule has 1 N–H and O–H groups in total. The number of hydrogen-bond acceptors (Lipinski definition) is 4. The van der Waals surface area contributed by atoms with Crippen LogP contribution in [0.25, 0.3) is 0 Å². The van der Waals surface area contributed by atoms with Crippen LogP contribution < -0.4 is 5.32 Å². The number of esters is 1. The number of alkyl halides is 6. The fraction of sp³-hybridized carbons (Fsp3) is 0.250. The highest BCUT2D eigenvalue weighted by Gasteiger charge is 2.38. The quantitative estimate of drug-likeness (QED) is 0.304. The maximum Gasteiger partial charge on any atom is 0.416 e. The Hall–Kier alpha value is -3.56. The summed E-state index contributed by atoms with van der Waals surface area (Å²) in [5.41, 5.74) is -2.74. The van der Waals surface area contributed by atoms with Gasteiger partial charge in [0.2, 0.25) is 0 Å². The van der Waals surface area contributed by atoms with Crippen molar-refractivity contribution in [2.45, 2.75) is 31.2 Å². The Morgan fingerprint density at radius 3 is 2.00 bits per heavy atom. The van der Waals surface area contributed by atoms with Crippen LogP contribution >= 0.6 is 0 Å². The van der Waals surface area contributed by atoms with Gasteiger partial charge in [0.15, 0.2) is 0 Å². The number of benzene rings is 2. The van der Waals surface area contributed by atoms with Crippen LogP contribution in [0.4, 0.5) is 32.0 Å². The molecule has 0 spiro atoms. The Balaban J connectivity index is 2.17. The average molecular weight is 482 g/mol. The predicted molar refractivity (Wildman–Crippen MR) is 113 cm³/mol. The molecule has 1 heterocycles. The van der Waals surface area contributed by atoms with Crippen LogP contribution in [-0.4, -0.2) is 17.6 Å². The molecule has 1 aromatic heterocycles. The first kappa shape index (κ1) is 25.1. The number of carbonyl (C=O) groups is 1. The minimum Gasteiger partial charge on any atom is -0.465 e. The van der Waals surface area contributed by atoms with E-state index >= 15 is 0 Å². The van der Waals surface area contributed by atoms with Gasteiger partial charge in [-0.05, 0) is 42.8 Å². The van der Waals surface area contributed by atoms with Gasteiger partial charge in [-0.25, -0.2) is 0 Å². The number of halogens is 6. The standard InChI is InChI=1S/C24H20F6N2O2/c1-2-34-22(33)20(15-8-4-3-5-9-15)21(19-10-6-7-11-31-19)32-18-13-16(23(25,26)27)12-17(14-18)24(28,29)30/h3-14,20-21,32H,2H2,1H3/t20-,21+/m0/s1. The number of anilines is 1. The second-order valence-electron chi connectivity index (χ2n) is 7.31. The van der Waals surface area contributed by atoms with E-state index in [1.165, 1.54) is 12.3 Å². The highest BCUT2D eigenvalue weighted by molar-refractivity contribution is 5.80. The third-order valence-corrected chi connectivity index (χ3v) is 4.95. The lowest BCUT2D eigenvalue weighted by Gasteiger charge is -2.28. The van der Waals surface area contributed by atoms with Gasteiger partial charge in [0.25, 0.3) is 0 Å². The first-order valence-electron chi connectivity index (χ1n) is 10.2. The average Bonchev–Trinajstić information content (AvgIpc) is 2.79. The van der Waals surface area contributed by atoms with Crippen LogP contribution in [0.2, 0.25) is 0 Å². The normalized spacial score (nSPS) is 13.7. The van der Waals surface area contributed by atoms with Crippen LogP contribution in [0.15, 0.2) is 72.9 Å². The molecule has 0 saturated carbocycles. The number of nitrogens with zero attached hydrogens (tertiary/aromatic N) is 1. The Labute approximate surface area is 191 Å². The molecule has 0 bridgehead atoms. The smallest absolute Gasteiger partial charge is 0.416 e. The third-order valence-electron chi connectivity index (χ3n) is 4.95. The molecule has 3 aromatic rings. The van der Waals surface area contributed by atoms with Gasteiger partial charge >= 0.3 is 18.3 Å². The number of aromatic nitrogens is 1. The molecule has 2 atom stereocenters. The first-order valence-corrected chi connectivity index (χ1v) is 10.2. The summed E-state index contributed by atoms with van der Waals surface area (Å²) < 4.78 is 85.4. The van der Waals surface area contributed by atoms with Gasteiger partial charge in [0.05, 0.1) is 29.5 Å². The number of rotatable bonds is 7. The van der Waals surface area contributed by atoms with Gasteiger partial charge in [-0.2, -0.15) is 26.3 Å². The molecule has 0 aliphatic carbocycles. The summed E-state index contributed by atoms with van der Waals surface area (Å²) in [7, 11) is 0. The number of carbonyl (C=O) groups excluding carboxylic acids is 1. The third kappa shape index (κ3) is 6.06. The topological polar surface area (TPSA) is 51.2 Å². The molecule has 2 aromatic carbocycles. The van der Waals surface area contributed by atoms with E-state index in [2.05, 4.69) is 10.3 Å². The molecule has 0 aliphatic rings. The summed E-state index contributed by atoms with van der Waals surface area (Å²) in [6.07, 6.45) is -8.62. The zero-order chi connectivity index (χ0) is 24.9. The molecule has 10 heteroatoms. The van der Waals surface area contributed by atoms with Gasteiger partial charge < -0.3 is 10.1 Å². The van der Waals surface area contributed by atoms with Crippen molar-refractivity contribution < 1.29 is 35.9 Å². The van der Waals surface area contributed by atoms with E-state index in [0.717, 1.165) is 0 Å². The summed E-state index contributed by atoms with van der Waals surface area (Å²) in [5.74, 6) is -1.82. The van der Waals surface area contributed by atoms with E-state index in [0.29, 0.717) is 17.7 Å². The van der Waals surface area contributed by atoms with E-state index in [-0.39, 0.29) is 18.4 Å². The lowest BCUT2D eigenvalue weighted by Crippen LogP contribution is -2.28. The van der Waals surface area contributed by atoms with Crippen molar-refractivity contribution in [3.63, 3.8) is 0 Å². The number of nitrogens with one attached hydrogen (secondary N) is 1. The van der Waals surface area contributed by atoms with E-state index in [4.69, 9.17) is 4.74 Å². The summed E-state index contributed by atoms with van der Waals surface area (Å²) in [6.45, 7) is 1.62. The fourth-order valence-corrected chi connectivity index (χ4v) is 3.46. The minimum atomic E-state index is -5.02. The van der Waals surface area contributed by atoms with Gasteiger partial charge in [0, 0.05) is 11.9 Å². The van der Waals surface area contributed by atoms with E-state index < -0.39 is 47.1 Å². The predicted octanol–water partition coefficient (Wildman–Crippen LogP) is 6.62. The molecule has 3 rings (SSSR count). The van der Waals surface area contributed by atoms with E-state index in [1.807, 2.05) is 0 Å². The molecular formula is C24H20F6N2O2. The molecule has 4 nitrogen and oxygen atoms in total. The van der Waals surface area contributed by atoms with Gasteiger partial charge in [0.1, 0.15) is 5.92 Å². The van der Waals surface area contributed by atoms with E-state index in [9.17, 15) is 31.1 Å². The van der Waals surface area contributed by atoms with E-state index in [1.54, 1.807) is 49.4 Å². The molecular weight excluding hydrogens is 462 g/mol. The van der Waals surface area contributed by atoms with Crippen LogP contribution in [0.1, 0.15) is 41.3 Å².